The minimum atomic E-state index is -1.07. The topological polar surface area (TPSA) is 66.8 Å². The number of anilines is 1. The number of rotatable bonds is 2. The van der Waals surface area contributed by atoms with Gasteiger partial charge in [0.1, 0.15) is 5.60 Å². The Labute approximate surface area is 134 Å². The smallest absolute Gasteiger partial charge is 0.241 e. The summed E-state index contributed by atoms with van der Waals surface area (Å²) < 4.78 is 5.91. The first-order valence-electron chi connectivity index (χ1n) is 7.79. The fourth-order valence-electron chi connectivity index (χ4n) is 4.33. The zero-order valence-electron chi connectivity index (χ0n) is 13.4. The van der Waals surface area contributed by atoms with Crippen LogP contribution in [0, 0.1) is 25.7 Å². The molecule has 0 aromatic heterocycles. The number of carbonyl (C=O) groups is 2. The van der Waals surface area contributed by atoms with E-state index in [0.29, 0.717) is 5.69 Å². The highest BCUT2D eigenvalue weighted by molar-refractivity contribution is 6.23. The second-order valence-electron chi connectivity index (χ2n) is 6.99. The zero-order chi connectivity index (χ0) is 16.6. The Balaban J connectivity index is 1.83. The van der Waals surface area contributed by atoms with Crippen LogP contribution in [-0.2, 0) is 14.3 Å². The number of hydrogen-bond acceptors (Lipinski definition) is 4. The van der Waals surface area contributed by atoms with Crippen molar-refractivity contribution >= 4 is 17.5 Å². The fraction of sp³-hybridized carbons (Fsp3) is 0.444. The summed E-state index contributed by atoms with van der Waals surface area (Å²) in [6.45, 7) is 5.37. The van der Waals surface area contributed by atoms with Gasteiger partial charge in [-0.25, -0.2) is 4.90 Å². The molecule has 2 saturated heterocycles. The van der Waals surface area contributed by atoms with Crippen molar-refractivity contribution in [3.05, 3.63) is 41.5 Å². The van der Waals surface area contributed by atoms with Crippen LogP contribution in [0.15, 0.2) is 30.4 Å². The number of aryl methyl sites for hydroxylation is 2. The molecule has 0 saturated carbocycles. The van der Waals surface area contributed by atoms with Gasteiger partial charge in [0.15, 0.2) is 0 Å². The minimum absolute atomic E-state index is 0.242. The van der Waals surface area contributed by atoms with Crippen LogP contribution in [0.1, 0.15) is 18.1 Å². The summed E-state index contributed by atoms with van der Waals surface area (Å²) >= 11 is 0. The summed E-state index contributed by atoms with van der Waals surface area (Å²) in [5, 5.41) is 9.80. The predicted molar refractivity (Wildman–Crippen MR) is 83.8 cm³/mol. The lowest BCUT2D eigenvalue weighted by molar-refractivity contribution is -0.131. The molecule has 0 radical (unpaired) electrons. The van der Waals surface area contributed by atoms with Crippen LogP contribution in [0.3, 0.4) is 0 Å². The van der Waals surface area contributed by atoms with Crippen molar-refractivity contribution in [2.45, 2.75) is 32.0 Å². The van der Waals surface area contributed by atoms with Gasteiger partial charge in [0.05, 0.1) is 29.7 Å². The first kappa shape index (κ1) is 14.6. The third-order valence-electron chi connectivity index (χ3n) is 5.40. The first-order valence-corrected chi connectivity index (χ1v) is 7.79. The molecule has 120 valence electrons. The molecule has 0 unspecified atom stereocenters. The van der Waals surface area contributed by atoms with Crippen molar-refractivity contribution in [2.75, 3.05) is 11.5 Å². The fourth-order valence-corrected chi connectivity index (χ4v) is 4.33. The summed E-state index contributed by atoms with van der Waals surface area (Å²) in [7, 11) is 0. The maximum atomic E-state index is 13.0. The SMILES string of the molecule is Cc1ccc(N2C(=O)[C@@H]3[C@H](C2=O)[C@@]2(C)C=C[C@@]3(CO)O2)c(C)c1. The molecule has 3 aliphatic heterocycles. The number of amides is 2. The summed E-state index contributed by atoms with van der Waals surface area (Å²) in [5.74, 6) is -1.76. The van der Waals surface area contributed by atoms with Gasteiger partial charge in [-0.2, -0.15) is 0 Å². The third kappa shape index (κ3) is 1.64. The lowest BCUT2D eigenvalue weighted by Gasteiger charge is -2.27. The summed E-state index contributed by atoms with van der Waals surface area (Å²) in [6.07, 6.45) is 3.55. The van der Waals surface area contributed by atoms with Gasteiger partial charge in [-0.3, -0.25) is 9.59 Å². The van der Waals surface area contributed by atoms with E-state index in [4.69, 9.17) is 4.74 Å². The van der Waals surface area contributed by atoms with Gasteiger partial charge in [-0.15, -0.1) is 0 Å². The molecule has 2 bridgehead atoms. The molecule has 0 aliphatic carbocycles. The molecule has 4 rings (SSSR count). The first-order chi connectivity index (χ1) is 10.8. The Hall–Kier alpha value is -1.98. The van der Waals surface area contributed by atoms with E-state index in [1.54, 1.807) is 12.2 Å². The van der Waals surface area contributed by atoms with Gasteiger partial charge in [-0.05, 0) is 32.4 Å². The Morgan fingerprint density at radius 3 is 2.52 bits per heavy atom. The van der Waals surface area contributed by atoms with Crippen molar-refractivity contribution in [1.82, 2.24) is 0 Å². The maximum absolute atomic E-state index is 13.0. The molecule has 4 atom stereocenters. The monoisotopic (exact) mass is 313 g/mol. The molecule has 3 aliphatic rings. The van der Waals surface area contributed by atoms with E-state index in [2.05, 4.69) is 0 Å². The third-order valence-corrected chi connectivity index (χ3v) is 5.40. The predicted octanol–water partition coefficient (Wildman–Crippen LogP) is 1.50. The van der Waals surface area contributed by atoms with E-state index < -0.39 is 23.0 Å². The van der Waals surface area contributed by atoms with Crippen LogP contribution >= 0.6 is 0 Å². The number of carbonyl (C=O) groups excluding carboxylic acids is 2. The number of hydrogen-bond donors (Lipinski definition) is 1. The van der Waals surface area contributed by atoms with Crippen LogP contribution in [0.25, 0.3) is 0 Å². The van der Waals surface area contributed by atoms with Crippen molar-refractivity contribution in [3.63, 3.8) is 0 Å². The van der Waals surface area contributed by atoms with Crippen molar-refractivity contribution in [2.24, 2.45) is 11.8 Å². The maximum Gasteiger partial charge on any atom is 0.241 e. The summed E-state index contributed by atoms with van der Waals surface area (Å²) in [6, 6.07) is 5.66. The molecule has 2 fully saturated rings. The molecule has 2 amide bonds. The second-order valence-corrected chi connectivity index (χ2v) is 6.99. The molecule has 1 N–H and O–H groups in total. The number of aliphatic hydroxyl groups excluding tert-OH is 1. The van der Waals surface area contributed by atoms with Gasteiger partial charge in [0.25, 0.3) is 0 Å². The largest absolute Gasteiger partial charge is 0.393 e. The molecule has 1 aromatic carbocycles. The van der Waals surface area contributed by atoms with E-state index in [1.165, 1.54) is 4.90 Å². The minimum Gasteiger partial charge on any atom is -0.393 e. The van der Waals surface area contributed by atoms with Crippen molar-refractivity contribution in [1.29, 1.82) is 0 Å². The number of aliphatic hydroxyl groups is 1. The molecule has 23 heavy (non-hydrogen) atoms. The number of ether oxygens (including phenoxy) is 1. The van der Waals surface area contributed by atoms with E-state index in [0.717, 1.165) is 11.1 Å². The Morgan fingerprint density at radius 1 is 1.17 bits per heavy atom. The normalized spacial score (nSPS) is 37.8. The van der Waals surface area contributed by atoms with Crippen molar-refractivity contribution < 1.29 is 19.4 Å². The molecule has 5 nitrogen and oxygen atoms in total. The number of benzene rings is 1. The molecule has 3 heterocycles. The molecule has 5 heteroatoms. The molecule has 0 spiro atoms. The second kappa shape index (κ2) is 4.30. The standard InChI is InChI=1S/C18H19NO4/c1-10-4-5-12(11(2)8-10)19-15(21)13-14(16(19)22)18(9-20)7-6-17(13,3)23-18/h4-8,13-14,20H,9H2,1-3H3/t13-,14+,17-,18+/m1/s1. The van der Waals surface area contributed by atoms with E-state index in [1.807, 2.05) is 39.0 Å². The lowest BCUT2D eigenvalue weighted by atomic mass is 9.73. The van der Waals surface area contributed by atoms with Gasteiger partial charge in [-0.1, -0.05) is 29.8 Å². The quantitative estimate of drug-likeness (QED) is 0.664. The van der Waals surface area contributed by atoms with Crippen LogP contribution in [-0.4, -0.2) is 34.7 Å². The molecular weight excluding hydrogens is 294 g/mol. The van der Waals surface area contributed by atoms with Crippen LogP contribution < -0.4 is 4.90 Å². The Bertz CT molecular complexity index is 770. The highest BCUT2D eigenvalue weighted by Crippen LogP contribution is 2.57. The average molecular weight is 313 g/mol. The lowest BCUT2D eigenvalue weighted by Crippen LogP contribution is -2.43. The number of fused-ring (bicyclic) bond motifs is 5. The van der Waals surface area contributed by atoms with Gasteiger partial charge >= 0.3 is 0 Å². The Morgan fingerprint density at radius 2 is 1.87 bits per heavy atom. The summed E-state index contributed by atoms with van der Waals surface area (Å²) in [5.41, 5.74) is 0.689. The van der Waals surface area contributed by atoms with E-state index in [-0.39, 0.29) is 18.4 Å². The van der Waals surface area contributed by atoms with Crippen LogP contribution in [0.5, 0.6) is 0 Å². The average Bonchev–Trinajstić information content (AvgIpc) is 3.07. The van der Waals surface area contributed by atoms with Gasteiger partial charge in [0.2, 0.25) is 11.8 Å². The molecule has 1 aromatic rings. The van der Waals surface area contributed by atoms with Gasteiger partial charge < -0.3 is 9.84 Å². The number of imide groups is 1. The van der Waals surface area contributed by atoms with Crippen LogP contribution in [0.4, 0.5) is 5.69 Å². The highest BCUT2D eigenvalue weighted by atomic mass is 16.5. The highest BCUT2D eigenvalue weighted by Gasteiger charge is 2.72. The van der Waals surface area contributed by atoms with E-state index >= 15 is 0 Å². The Kier molecular flexibility index (Phi) is 2.73. The van der Waals surface area contributed by atoms with Crippen LogP contribution in [0.2, 0.25) is 0 Å². The van der Waals surface area contributed by atoms with Crippen molar-refractivity contribution in [3.8, 4) is 0 Å². The zero-order valence-corrected chi connectivity index (χ0v) is 13.4. The summed E-state index contributed by atoms with van der Waals surface area (Å²) in [4.78, 5) is 27.3. The van der Waals surface area contributed by atoms with Gasteiger partial charge in [0, 0.05) is 0 Å². The van der Waals surface area contributed by atoms with E-state index in [9.17, 15) is 14.7 Å². The number of nitrogens with zero attached hydrogens (tertiary/aromatic N) is 1. The molecular formula is C18H19NO4.